The molecule has 7 nitrogen and oxygen atoms in total. The molecule has 2 aliphatic rings. The van der Waals surface area contributed by atoms with Crippen molar-refractivity contribution in [2.75, 3.05) is 30.4 Å². The summed E-state index contributed by atoms with van der Waals surface area (Å²) in [4.78, 5) is 14.5. The largest absolute Gasteiger partial charge is 0.493 e. The molecule has 0 aromatic heterocycles. The number of fused-ring (bicyclic) bond motifs is 1. The van der Waals surface area contributed by atoms with Gasteiger partial charge in [-0.25, -0.2) is 8.42 Å². The van der Waals surface area contributed by atoms with Gasteiger partial charge in [0.1, 0.15) is 0 Å². The van der Waals surface area contributed by atoms with E-state index in [0.717, 1.165) is 36.9 Å². The zero-order chi connectivity index (χ0) is 20.6. The maximum Gasteiger partial charge on any atom is 0.262 e. The quantitative estimate of drug-likeness (QED) is 0.782. The third kappa shape index (κ3) is 3.89. The van der Waals surface area contributed by atoms with Gasteiger partial charge in [-0.3, -0.25) is 9.52 Å². The first-order valence-electron chi connectivity index (χ1n) is 9.62. The second-order valence-electron chi connectivity index (χ2n) is 7.33. The standard InChI is InChI=1S/C21H24N2O5S/c1-27-19-10-9-17(13-20(19)28-2)29(25,26)22-16-8-7-14-4-3-11-23(18(14)12-16)21(24)15-5-6-15/h7-10,12-13,15,22H,3-6,11H2,1-2H3. The van der Waals surface area contributed by atoms with Crippen molar-refractivity contribution in [2.45, 2.75) is 30.6 Å². The first-order valence-corrected chi connectivity index (χ1v) is 11.1. The summed E-state index contributed by atoms with van der Waals surface area (Å²) in [5.41, 5.74) is 2.30. The summed E-state index contributed by atoms with van der Waals surface area (Å²) in [6, 6.07) is 9.83. The minimum atomic E-state index is -3.83. The summed E-state index contributed by atoms with van der Waals surface area (Å²) >= 11 is 0. The number of amides is 1. The van der Waals surface area contributed by atoms with Crippen LogP contribution in [0, 0.1) is 5.92 Å². The number of methoxy groups -OCH3 is 2. The predicted octanol–water partition coefficient (Wildman–Crippen LogP) is 3.19. The number of rotatable bonds is 6. The summed E-state index contributed by atoms with van der Waals surface area (Å²) in [7, 11) is -0.881. The van der Waals surface area contributed by atoms with E-state index in [9.17, 15) is 13.2 Å². The van der Waals surface area contributed by atoms with Gasteiger partial charge in [0.2, 0.25) is 5.91 Å². The second kappa shape index (κ2) is 7.59. The highest BCUT2D eigenvalue weighted by atomic mass is 32.2. The van der Waals surface area contributed by atoms with Gasteiger partial charge in [0.05, 0.1) is 24.8 Å². The van der Waals surface area contributed by atoms with Crippen LogP contribution in [0.15, 0.2) is 41.3 Å². The number of carbonyl (C=O) groups is 1. The molecule has 1 fully saturated rings. The second-order valence-corrected chi connectivity index (χ2v) is 9.02. The number of anilines is 2. The van der Waals surface area contributed by atoms with E-state index in [2.05, 4.69) is 4.72 Å². The Balaban J connectivity index is 1.62. The summed E-state index contributed by atoms with van der Waals surface area (Å²) in [6.07, 6.45) is 3.68. The highest BCUT2D eigenvalue weighted by Crippen LogP contribution is 2.37. The molecule has 1 saturated carbocycles. The van der Waals surface area contributed by atoms with Crippen molar-refractivity contribution in [3.63, 3.8) is 0 Å². The Hall–Kier alpha value is -2.74. The number of benzene rings is 2. The molecule has 154 valence electrons. The Bertz CT molecular complexity index is 1050. The molecule has 0 radical (unpaired) electrons. The Morgan fingerprint density at radius 2 is 1.83 bits per heavy atom. The molecule has 0 atom stereocenters. The van der Waals surface area contributed by atoms with Crippen LogP contribution in [-0.4, -0.2) is 35.1 Å². The van der Waals surface area contributed by atoms with Crippen LogP contribution in [0.25, 0.3) is 0 Å². The van der Waals surface area contributed by atoms with Crippen LogP contribution in [0.2, 0.25) is 0 Å². The molecule has 1 aliphatic heterocycles. The van der Waals surface area contributed by atoms with E-state index in [1.54, 1.807) is 18.2 Å². The number of hydrogen-bond donors (Lipinski definition) is 1. The van der Waals surface area contributed by atoms with Crippen LogP contribution in [-0.2, 0) is 21.2 Å². The third-order valence-electron chi connectivity index (χ3n) is 5.31. The van der Waals surface area contributed by atoms with Crippen molar-refractivity contribution in [1.29, 1.82) is 0 Å². The predicted molar refractivity (Wildman–Crippen MR) is 110 cm³/mol. The molecule has 29 heavy (non-hydrogen) atoms. The van der Waals surface area contributed by atoms with Gasteiger partial charge in [-0.05, 0) is 55.5 Å². The topological polar surface area (TPSA) is 84.9 Å². The lowest BCUT2D eigenvalue weighted by atomic mass is 10.0. The molecule has 1 heterocycles. The lowest BCUT2D eigenvalue weighted by molar-refractivity contribution is -0.119. The fourth-order valence-electron chi connectivity index (χ4n) is 3.62. The molecule has 1 N–H and O–H groups in total. The smallest absolute Gasteiger partial charge is 0.262 e. The van der Waals surface area contributed by atoms with E-state index in [0.29, 0.717) is 23.7 Å². The van der Waals surface area contributed by atoms with Crippen LogP contribution in [0.4, 0.5) is 11.4 Å². The van der Waals surface area contributed by atoms with Gasteiger partial charge in [0, 0.05) is 24.2 Å². The van der Waals surface area contributed by atoms with Gasteiger partial charge in [0.15, 0.2) is 11.5 Å². The Kier molecular flexibility index (Phi) is 5.12. The molecule has 0 unspecified atom stereocenters. The van der Waals surface area contributed by atoms with Gasteiger partial charge in [-0.1, -0.05) is 6.07 Å². The number of nitrogens with one attached hydrogen (secondary N) is 1. The third-order valence-corrected chi connectivity index (χ3v) is 6.69. The highest BCUT2D eigenvalue weighted by Gasteiger charge is 2.35. The minimum Gasteiger partial charge on any atom is -0.493 e. The molecule has 0 spiro atoms. The van der Waals surface area contributed by atoms with E-state index >= 15 is 0 Å². The van der Waals surface area contributed by atoms with Crippen LogP contribution in [0.1, 0.15) is 24.8 Å². The molecule has 8 heteroatoms. The molecular formula is C21H24N2O5S. The lowest BCUT2D eigenvalue weighted by Crippen LogP contribution is -2.36. The number of aryl methyl sites for hydroxylation is 1. The number of carbonyl (C=O) groups excluding carboxylic acids is 1. The van der Waals surface area contributed by atoms with Gasteiger partial charge in [-0.15, -0.1) is 0 Å². The van der Waals surface area contributed by atoms with Crippen molar-refractivity contribution in [3.8, 4) is 11.5 Å². The zero-order valence-corrected chi connectivity index (χ0v) is 17.3. The SMILES string of the molecule is COc1ccc(S(=O)(=O)Nc2ccc3c(c2)N(C(=O)C2CC2)CCC3)cc1OC. The van der Waals surface area contributed by atoms with Crippen molar-refractivity contribution in [3.05, 3.63) is 42.0 Å². The zero-order valence-electron chi connectivity index (χ0n) is 16.5. The monoisotopic (exact) mass is 416 g/mol. The number of sulfonamides is 1. The normalized spacial score (nSPS) is 16.1. The molecule has 2 aromatic rings. The molecule has 2 aromatic carbocycles. The van der Waals surface area contributed by atoms with E-state index in [1.165, 1.54) is 26.4 Å². The van der Waals surface area contributed by atoms with E-state index < -0.39 is 10.0 Å². The average molecular weight is 416 g/mol. The fraction of sp³-hybridized carbons (Fsp3) is 0.381. The summed E-state index contributed by atoms with van der Waals surface area (Å²) < 4.78 is 38.8. The molecule has 0 bridgehead atoms. The molecule has 0 saturated heterocycles. The van der Waals surface area contributed by atoms with Gasteiger partial charge in [-0.2, -0.15) is 0 Å². The first kappa shape index (κ1) is 19.6. The number of hydrogen-bond acceptors (Lipinski definition) is 5. The first-order chi connectivity index (χ1) is 13.9. The summed E-state index contributed by atoms with van der Waals surface area (Å²) in [5.74, 6) is 1.05. The van der Waals surface area contributed by atoms with Gasteiger partial charge in [0.25, 0.3) is 10.0 Å². The van der Waals surface area contributed by atoms with Crippen LogP contribution < -0.4 is 19.1 Å². The van der Waals surface area contributed by atoms with Crippen molar-refractivity contribution in [1.82, 2.24) is 0 Å². The van der Waals surface area contributed by atoms with Gasteiger partial charge >= 0.3 is 0 Å². The molecule has 4 rings (SSSR count). The average Bonchev–Trinajstić information content (AvgIpc) is 3.57. The van der Waals surface area contributed by atoms with E-state index in [-0.39, 0.29) is 16.7 Å². The number of ether oxygens (including phenoxy) is 2. The maximum atomic E-state index is 12.9. The highest BCUT2D eigenvalue weighted by molar-refractivity contribution is 7.92. The maximum absolute atomic E-state index is 12.9. The van der Waals surface area contributed by atoms with Crippen LogP contribution in [0.3, 0.4) is 0 Å². The van der Waals surface area contributed by atoms with Crippen molar-refractivity contribution < 1.29 is 22.7 Å². The summed E-state index contributed by atoms with van der Waals surface area (Å²) in [6.45, 7) is 0.675. The summed E-state index contributed by atoms with van der Waals surface area (Å²) in [5, 5.41) is 0. The molecule has 1 aliphatic carbocycles. The van der Waals surface area contributed by atoms with Crippen LogP contribution >= 0.6 is 0 Å². The Morgan fingerprint density at radius 1 is 1.07 bits per heavy atom. The van der Waals surface area contributed by atoms with E-state index in [1.807, 2.05) is 11.0 Å². The van der Waals surface area contributed by atoms with Gasteiger partial charge < -0.3 is 14.4 Å². The minimum absolute atomic E-state index is 0.0683. The lowest BCUT2D eigenvalue weighted by Gasteiger charge is -2.30. The molecule has 1 amide bonds. The fourth-order valence-corrected chi connectivity index (χ4v) is 4.68. The van der Waals surface area contributed by atoms with Crippen molar-refractivity contribution in [2.24, 2.45) is 5.92 Å². The number of nitrogens with zero attached hydrogens (tertiary/aromatic N) is 1. The Morgan fingerprint density at radius 3 is 2.52 bits per heavy atom. The van der Waals surface area contributed by atoms with Crippen molar-refractivity contribution >= 4 is 27.3 Å². The Labute approximate surface area is 170 Å². The van der Waals surface area contributed by atoms with Crippen LogP contribution in [0.5, 0.6) is 11.5 Å². The van der Waals surface area contributed by atoms with E-state index in [4.69, 9.17) is 9.47 Å². The molecular weight excluding hydrogens is 392 g/mol.